The first-order chi connectivity index (χ1) is 12.7. The Balaban J connectivity index is 1.67. The number of nitrogen functional groups attached to an aromatic ring is 1. The Morgan fingerprint density at radius 2 is 1.88 bits per heavy atom. The van der Waals surface area contributed by atoms with Crippen LogP contribution in [0.4, 0.5) is 11.8 Å². The van der Waals surface area contributed by atoms with Gasteiger partial charge in [0, 0.05) is 13.1 Å². The molecule has 3 rings (SSSR count). The van der Waals surface area contributed by atoms with E-state index in [0.717, 1.165) is 42.7 Å². The molecular weight excluding hydrogens is 392 g/mol. The first-order valence-electron chi connectivity index (χ1n) is 9.16. The van der Waals surface area contributed by atoms with Gasteiger partial charge < -0.3 is 15.6 Å². The summed E-state index contributed by atoms with van der Waals surface area (Å²) in [5.74, 6) is 0.975. The summed E-state index contributed by atoms with van der Waals surface area (Å²) in [5, 5.41) is 3.29. The monoisotopic (exact) mass is 416 g/mol. The summed E-state index contributed by atoms with van der Waals surface area (Å²) in [4.78, 5) is 13.5. The summed E-state index contributed by atoms with van der Waals surface area (Å²) in [5.41, 5.74) is 8.88. The number of nitrogens with zero attached hydrogens (tertiary/aromatic N) is 4. The molecule has 2 heterocycles. The number of aryl methyl sites for hydroxylation is 2. The molecular formula is C19H25BrN6. The number of benzene rings is 1. The van der Waals surface area contributed by atoms with Crippen LogP contribution in [0, 0.1) is 0 Å². The number of hydrogen-bond acceptors (Lipinski definition) is 5. The highest BCUT2D eigenvalue weighted by atomic mass is 79.9. The third kappa shape index (κ3) is 4.52. The first kappa shape index (κ1) is 18.6. The van der Waals surface area contributed by atoms with E-state index in [2.05, 4.69) is 72.0 Å². The standard InChI is InChI=1S/C19H25BrN6/c1-2-3-7-13-26-17-15(23-18(26)20)16(21)24-19(25-17)22-12-8-11-14-9-5-4-6-10-14/h4-6,9-10H,2-3,7-8,11-13H2,1H3,(H3,21,22,24,25). The van der Waals surface area contributed by atoms with E-state index in [-0.39, 0.29) is 0 Å². The number of rotatable bonds is 9. The molecule has 0 aliphatic rings. The number of nitrogens with one attached hydrogen (secondary N) is 1. The third-order valence-corrected chi connectivity index (χ3v) is 4.93. The highest BCUT2D eigenvalue weighted by Crippen LogP contribution is 2.24. The molecule has 0 bridgehead atoms. The van der Waals surface area contributed by atoms with Crippen LogP contribution >= 0.6 is 15.9 Å². The van der Waals surface area contributed by atoms with Gasteiger partial charge in [-0.25, -0.2) is 4.98 Å². The summed E-state index contributed by atoms with van der Waals surface area (Å²) in [6.07, 6.45) is 5.47. The van der Waals surface area contributed by atoms with Crippen molar-refractivity contribution in [3.8, 4) is 0 Å². The summed E-state index contributed by atoms with van der Waals surface area (Å²) in [7, 11) is 0. The number of anilines is 2. The summed E-state index contributed by atoms with van der Waals surface area (Å²) < 4.78 is 2.82. The van der Waals surface area contributed by atoms with Crippen molar-refractivity contribution >= 4 is 38.9 Å². The van der Waals surface area contributed by atoms with Crippen molar-refractivity contribution in [2.45, 2.75) is 45.6 Å². The van der Waals surface area contributed by atoms with E-state index in [0.29, 0.717) is 17.3 Å². The van der Waals surface area contributed by atoms with Gasteiger partial charge in [-0.2, -0.15) is 9.97 Å². The summed E-state index contributed by atoms with van der Waals surface area (Å²) in [6, 6.07) is 10.5. The number of hydrogen-bond donors (Lipinski definition) is 2. The van der Waals surface area contributed by atoms with Crippen molar-refractivity contribution in [3.63, 3.8) is 0 Å². The number of halogens is 1. The number of unbranched alkanes of at least 4 members (excludes halogenated alkanes) is 2. The third-order valence-electron chi connectivity index (χ3n) is 4.33. The molecule has 0 saturated carbocycles. The molecule has 0 aliphatic heterocycles. The van der Waals surface area contributed by atoms with Gasteiger partial charge in [0.05, 0.1) is 0 Å². The molecule has 0 radical (unpaired) electrons. The molecule has 0 fully saturated rings. The zero-order valence-corrected chi connectivity index (χ0v) is 16.7. The van der Waals surface area contributed by atoms with Crippen molar-refractivity contribution in [2.24, 2.45) is 0 Å². The van der Waals surface area contributed by atoms with Gasteiger partial charge in [0.2, 0.25) is 5.95 Å². The molecule has 1 aromatic carbocycles. The van der Waals surface area contributed by atoms with Crippen LogP contribution in [0.2, 0.25) is 0 Å². The van der Waals surface area contributed by atoms with E-state index in [9.17, 15) is 0 Å². The molecule has 3 N–H and O–H groups in total. The summed E-state index contributed by atoms with van der Waals surface area (Å²) in [6.45, 7) is 3.86. The minimum absolute atomic E-state index is 0.413. The fraction of sp³-hybridized carbons (Fsp3) is 0.421. The second-order valence-electron chi connectivity index (χ2n) is 6.36. The number of imidazole rings is 1. The van der Waals surface area contributed by atoms with Crippen LogP contribution in [-0.4, -0.2) is 26.1 Å². The van der Waals surface area contributed by atoms with Gasteiger partial charge in [-0.1, -0.05) is 50.1 Å². The van der Waals surface area contributed by atoms with Gasteiger partial charge in [0.1, 0.15) is 0 Å². The van der Waals surface area contributed by atoms with Crippen LogP contribution in [0.3, 0.4) is 0 Å². The molecule has 3 aromatic rings. The normalized spacial score (nSPS) is 11.2. The molecule has 0 amide bonds. The molecule has 7 heteroatoms. The molecule has 26 heavy (non-hydrogen) atoms. The van der Waals surface area contributed by atoms with E-state index in [1.165, 1.54) is 18.4 Å². The Hall–Kier alpha value is -2.15. The van der Waals surface area contributed by atoms with Crippen LogP contribution in [0.5, 0.6) is 0 Å². The van der Waals surface area contributed by atoms with Crippen molar-refractivity contribution < 1.29 is 0 Å². The number of aromatic nitrogens is 4. The van der Waals surface area contributed by atoms with Gasteiger partial charge in [0.25, 0.3) is 0 Å². The van der Waals surface area contributed by atoms with Crippen LogP contribution in [-0.2, 0) is 13.0 Å². The van der Waals surface area contributed by atoms with E-state index >= 15 is 0 Å². The second-order valence-corrected chi connectivity index (χ2v) is 7.07. The Morgan fingerprint density at radius 3 is 2.65 bits per heavy atom. The minimum atomic E-state index is 0.413. The maximum Gasteiger partial charge on any atom is 0.226 e. The maximum absolute atomic E-state index is 6.10. The van der Waals surface area contributed by atoms with E-state index in [4.69, 9.17) is 5.73 Å². The molecule has 0 aliphatic carbocycles. The molecule has 0 atom stereocenters. The Kier molecular flexibility index (Phi) is 6.44. The van der Waals surface area contributed by atoms with Crippen LogP contribution < -0.4 is 11.1 Å². The fourth-order valence-electron chi connectivity index (χ4n) is 2.93. The van der Waals surface area contributed by atoms with Crippen molar-refractivity contribution in [1.29, 1.82) is 0 Å². The predicted molar refractivity (Wildman–Crippen MR) is 110 cm³/mol. The van der Waals surface area contributed by atoms with Crippen LogP contribution in [0.15, 0.2) is 35.1 Å². The second kappa shape index (κ2) is 8.98. The van der Waals surface area contributed by atoms with Gasteiger partial charge >= 0.3 is 0 Å². The molecule has 2 aromatic heterocycles. The van der Waals surface area contributed by atoms with Gasteiger partial charge in [-0.15, -0.1) is 0 Å². The van der Waals surface area contributed by atoms with Gasteiger partial charge in [0.15, 0.2) is 21.7 Å². The highest BCUT2D eigenvalue weighted by molar-refractivity contribution is 9.10. The Morgan fingerprint density at radius 1 is 1.08 bits per heavy atom. The largest absolute Gasteiger partial charge is 0.382 e. The Bertz CT molecular complexity index is 846. The average molecular weight is 417 g/mol. The highest BCUT2D eigenvalue weighted by Gasteiger charge is 2.15. The van der Waals surface area contributed by atoms with Crippen LogP contribution in [0.25, 0.3) is 11.2 Å². The maximum atomic E-state index is 6.10. The molecule has 0 saturated heterocycles. The van der Waals surface area contributed by atoms with E-state index in [1.807, 2.05) is 6.07 Å². The number of fused-ring (bicyclic) bond motifs is 1. The predicted octanol–water partition coefficient (Wildman–Crippen LogP) is 4.41. The smallest absolute Gasteiger partial charge is 0.226 e. The van der Waals surface area contributed by atoms with E-state index < -0.39 is 0 Å². The SMILES string of the molecule is CCCCCn1c(Br)nc2c(N)nc(NCCCc3ccccc3)nc21. The van der Waals surface area contributed by atoms with Gasteiger partial charge in [-0.05, 0) is 40.8 Å². The van der Waals surface area contributed by atoms with Crippen molar-refractivity contribution in [3.05, 3.63) is 40.6 Å². The molecule has 138 valence electrons. The van der Waals surface area contributed by atoms with E-state index in [1.54, 1.807) is 0 Å². The molecule has 6 nitrogen and oxygen atoms in total. The van der Waals surface area contributed by atoms with Crippen molar-refractivity contribution in [1.82, 2.24) is 19.5 Å². The zero-order chi connectivity index (χ0) is 18.4. The topological polar surface area (TPSA) is 81.7 Å². The fourth-order valence-corrected chi connectivity index (χ4v) is 3.45. The van der Waals surface area contributed by atoms with Crippen molar-refractivity contribution in [2.75, 3.05) is 17.6 Å². The summed E-state index contributed by atoms with van der Waals surface area (Å²) >= 11 is 3.52. The lowest BCUT2D eigenvalue weighted by molar-refractivity contribution is 0.602. The number of nitrogens with two attached hydrogens (primary N) is 1. The average Bonchev–Trinajstić information content (AvgIpc) is 2.96. The minimum Gasteiger partial charge on any atom is -0.382 e. The molecule has 0 spiro atoms. The first-order valence-corrected chi connectivity index (χ1v) is 9.95. The van der Waals surface area contributed by atoms with Crippen LogP contribution in [0.1, 0.15) is 38.2 Å². The lowest BCUT2D eigenvalue weighted by Gasteiger charge is -2.08. The quantitative estimate of drug-likeness (QED) is 0.398. The van der Waals surface area contributed by atoms with Gasteiger partial charge in [-0.3, -0.25) is 0 Å². The Labute approximate surface area is 162 Å². The lowest BCUT2D eigenvalue weighted by atomic mass is 10.1. The lowest BCUT2D eigenvalue weighted by Crippen LogP contribution is -2.09. The zero-order valence-electron chi connectivity index (χ0n) is 15.1. The molecule has 0 unspecified atom stereocenters.